The van der Waals surface area contributed by atoms with E-state index in [1.54, 1.807) is 55.5 Å². The lowest BCUT2D eigenvalue weighted by atomic mass is 9.96. The van der Waals surface area contributed by atoms with Crippen molar-refractivity contribution < 1.29 is 9.90 Å². The molecule has 0 bridgehead atoms. The average Bonchev–Trinajstić information content (AvgIpc) is 2.46. The second-order valence-electron chi connectivity index (χ2n) is 4.97. The zero-order valence-electron chi connectivity index (χ0n) is 11.4. The first-order valence-corrected chi connectivity index (χ1v) is 7.58. The molecule has 0 saturated carbocycles. The zero-order valence-corrected chi connectivity index (χ0v) is 13.8. The van der Waals surface area contributed by atoms with E-state index in [1.807, 2.05) is 0 Å². The smallest absolute Gasteiger partial charge is 0.251 e. The van der Waals surface area contributed by atoms with Gasteiger partial charge in [0.15, 0.2) is 0 Å². The standard InChI is InChI=1S/C16H15BrClNO2/c1-16(21,12-4-8-14(18)9-5-12)10-19-15(20)11-2-6-13(17)7-3-11/h2-9,21H,10H2,1H3,(H,19,20). The van der Waals surface area contributed by atoms with Crippen molar-refractivity contribution >= 4 is 33.4 Å². The van der Waals surface area contributed by atoms with Gasteiger partial charge in [0.1, 0.15) is 5.60 Å². The molecule has 0 heterocycles. The lowest BCUT2D eigenvalue weighted by Crippen LogP contribution is -2.38. The molecule has 1 amide bonds. The van der Waals surface area contributed by atoms with Crippen LogP contribution in [0.15, 0.2) is 53.0 Å². The van der Waals surface area contributed by atoms with E-state index in [-0.39, 0.29) is 12.5 Å². The van der Waals surface area contributed by atoms with Crippen LogP contribution in [0.5, 0.6) is 0 Å². The molecule has 5 heteroatoms. The molecule has 2 aromatic rings. The number of amides is 1. The van der Waals surface area contributed by atoms with Gasteiger partial charge in [0.25, 0.3) is 5.91 Å². The Morgan fingerprint density at radius 2 is 1.76 bits per heavy atom. The molecule has 0 aromatic heterocycles. The molecular weight excluding hydrogens is 354 g/mol. The van der Waals surface area contributed by atoms with Crippen molar-refractivity contribution in [3.63, 3.8) is 0 Å². The second kappa shape index (κ2) is 6.60. The van der Waals surface area contributed by atoms with Gasteiger partial charge in [0.2, 0.25) is 0 Å². The highest BCUT2D eigenvalue weighted by atomic mass is 79.9. The number of benzene rings is 2. The maximum atomic E-state index is 12.0. The molecular formula is C16H15BrClNO2. The summed E-state index contributed by atoms with van der Waals surface area (Å²) in [4.78, 5) is 12.0. The van der Waals surface area contributed by atoms with Crippen LogP contribution in [-0.4, -0.2) is 17.6 Å². The first-order valence-electron chi connectivity index (χ1n) is 6.41. The summed E-state index contributed by atoms with van der Waals surface area (Å²) in [7, 11) is 0. The monoisotopic (exact) mass is 367 g/mol. The Balaban J connectivity index is 2.02. The SMILES string of the molecule is CC(O)(CNC(=O)c1ccc(Br)cc1)c1ccc(Cl)cc1. The largest absolute Gasteiger partial charge is 0.384 e. The third-order valence-electron chi connectivity index (χ3n) is 3.17. The minimum Gasteiger partial charge on any atom is -0.384 e. The Bertz CT molecular complexity index is 624. The van der Waals surface area contributed by atoms with Crippen molar-refractivity contribution in [2.24, 2.45) is 0 Å². The summed E-state index contributed by atoms with van der Waals surface area (Å²) >= 11 is 9.15. The fourth-order valence-corrected chi connectivity index (χ4v) is 2.26. The molecule has 21 heavy (non-hydrogen) atoms. The quantitative estimate of drug-likeness (QED) is 0.863. The number of hydrogen-bond acceptors (Lipinski definition) is 2. The number of carbonyl (C=O) groups excluding carboxylic acids is 1. The second-order valence-corrected chi connectivity index (χ2v) is 6.32. The zero-order chi connectivity index (χ0) is 15.5. The molecule has 0 radical (unpaired) electrons. The average molecular weight is 369 g/mol. The number of halogens is 2. The summed E-state index contributed by atoms with van der Waals surface area (Å²) in [5, 5.41) is 13.8. The van der Waals surface area contributed by atoms with Crippen LogP contribution in [0.1, 0.15) is 22.8 Å². The minimum absolute atomic E-state index is 0.115. The number of rotatable bonds is 4. The first kappa shape index (κ1) is 16.0. The van der Waals surface area contributed by atoms with Gasteiger partial charge in [-0.3, -0.25) is 4.79 Å². The normalized spacial score (nSPS) is 13.5. The number of nitrogens with one attached hydrogen (secondary N) is 1. The molecule has 0 fully saturated rings. The van der Waals surface area contributed by atoms with Crippen molar-refractivity contribution in [3.8, 4) is 0 Å². The van der Waals surface area contributed by atoms with Gasteiger partial charge >= 0.3 is 0 Å². The Hall–Kier alpha value is -1.36. The van der Waals surface area contributed by atoms with Crippen LogP contribution in [0.4, 0.5) is 0 Å². The highest BCUT2D eigenvalue weighted by Gasteiger charge is 2.23. The maximum absolute atomic E-state index is 12.0. The Labute approximate surface area is 137 Å². The molecule has 0 saturated heterocycles. The molecule has 3 nitrogen and oxygen atoms in total. The predicted molar refractivity (Wildman–Crippen MR) is 87.5 cm³/mol. The number of aliphatic hydroxyl groups is 1. The van der Waals surface area contributed by atoms with Gasteiger partial charge in [-0.1, -0.05) is 39.7 Å². The Kier molecular flexibility index (Phi) is 5.04. The van der Waals surface area contributed by atoms with Crippen LogP contribution in [0.3, 0.4) is 0 Å². The van der Waals surface area contributed by atoms with Crippen LogP contribution in [0.25, 0.3) is 0 Å². The molecule has 110 valence electrons. The van der Waals surface area contributed by atoms with Crippen LogP contribution in [-0.2, 0) is 5.60 Å². The van der Waals surface area contributed by atoms with Crippen molar-refractivity contribution in [1.82, 2.24) is 5.32 Å². The van der Waals surface area contributed by atoms with Crippen molar-refractivity contribution in [3.05, 3.63) is 69.2 Å². The Morgan fingerprint density at radius 3 is 2.33 bits per heavy atom. The highest BCUT2D eigenvalue weighted by Crippen LogP contribution is 2.21. The van der Waals surface area contributed by atoms with Gasteiger partial charge in [0.05, 0.1) is 6.54 Å². The summed E-state index contributed by atoms with van der Waals surface area (Å²) in [6.07, 6.45) is 0. The molecule has 0 spiro atoms. The first-order chi connectivity index (χ1) is 9.88. The van der Waals surface area contributed by atoms with Gasteiger partial charge in [-0.2, -0.15) is 0 Å². The molecule has 1 atom stereocenters. The van der Waals surface area contributed by atoms with E-state index >= 15 is 0 Å². The van der Waals surface area contributed by atoms with Gasteiger partial charge in [-0.05, 0) is 48.9 Å². The third-order valence-corrected chi connectivity index (χ3v) is 3.95. The number of carbonyl (C=O) groups is 1. The lowest BCUT2D eigenvalue weighted by Gasteiger charge is -2.24. The molecule has 1 unspecified atom stereocenters. The van der Waals surface area contributed by atoms with Crippen LogP contribution >= 0.6 is 27.5 Å². The van der Waals surface area contributed by atoms with E-state index in [2.05, 4.69) is 21.2 Å². The van der Waals surface area contributed by atoms with Crippen molar-refractivity contribution in [1.29, 1.82) is 0 Å². The summed E-state index contributed by atoms with van der Waals surface area (Å²) in [5.74, 6) is -0.225. The third kappa shape index (κ3) is 4.30. The summed E-state index contributed by atoms with van der Waals surface area (Å²) in [6, 6.07) is 13.9. The van der Waals surface area contributed by atoms with Crippen molar-refractivity contribution in [2.45, 2.75) is 12.5 Å². The number of hydrogen-bond donors (Lipinski definition) is 2. The van der Waals surface area contributed by atoms with Crippen LogP contribution < -0.4 is 5.32 Å². The van der Waals surface area contributed by atoms with Crippen LogP contribution in [0.2, 0.25) is 5.02 Å². The van der Waals surface area contributed by atoms with Gasteiger partial charge in [0, 0.05) is 15.1 Å². The maximum Gasteiger partial charge on any atom is 0.251 e. The van der Waals surface area contributed by atoms with E-state index in [1.165, 1.54) is 0 Å². The van der Waals surface area contributed by atoms with Gasteiger partial charge in [-0.15, -0.1) is 0 Å². The summed E-state index contributed by atoms with van der Waals surface area (Å²) in [5.41, 5.74) is 0.0865. The molecule has 0 aliphatic rings. The highest BCUT2D eigenvalue weighted by molar-refractivity contribution is 9.10. The van der Waals surface area contributed by atoms with Crippen molar-refractivity contribution in [2.75, 3.05) is 6.54 Å². The topological polar surface area (TPSA) is 49.3 Å². The van der Waals surface area contributed by atoms with E-state index in [4.69, 9.17) is 11.6 Å². The van der Waals surface area contributed by atoms with Gasteiger partial charge < -0.3 is 10.4 Å². The molecule has 0 aliphatic carbocycles. The molecule has 2 N–H and O–H groups in total. The van der Waals surface area contributed by atoms with E-state index in [0.29, 0.717) is 16.1 Å². The minimum atomic E-state index is -1.16. The fourth-order valence-electron chi connectivity index (χ4n) is 1.87. The fraction of sp³-hybridized carbons (Fsp3) is 0.188. The lowest BCUT2D eigenvalue weighted by molar-refractivity contribution is 0.0526. The van der Waals surface area contributed by atoms with E-state index in [9.17, 15) is 9.90 Å². The molecule has 2 aromatic carbocycles. The van der Waals surface area contributed by atoms with Gasteiger partial charge in [-0.25, -0.2) is 0 Å². The van der Waals surface area contributed by atoms with Crippen LogP contribution in [0, 0.1) is 0 Å². The summed E-state index contributed by atoms with van der Waals surface area (Å²) < 4.78 is 0.909. The summed E-state index contributed by atoms with van der Waals surface area (Å²) in [6.45, 7) is 1.77. The predicted octanol–water partition coefficient (Wildman–Crippen LogP) is 3.74. The Morgan fingerprint density at radius 1 is 1.19 bits per heavy atom. The van der Waals surface area contributed by atoms with E-state index in [0.717, 1.165) is 4.47 Å². The van der Waals surface area contributed by atoms with E-state index < -0.39 is 5.60 Å². The molecule has 2 rings (SSSR count). The molecule has 0 aliphatic heterocycles.